The lowest BCUT2D eigenvalue weighted by Crippen LogP contribution is -2.41. The molecule has 3 N–H and O–H groups in total. The zero-order chi connectivity index (χ0) is 18.4. The summed E-state index contributed by atoms with van der Waals surface area (Å²) in [6.45, 7) is 0.0698. The first kappa shape index (κ1) is 17.6. The first-order chi connectivity index (χ1) is 12.6. The fourth-order valence-corrected chi connectivity index (χ4v) is 2.27. The number of ether oxygens (including phenoxy) is 3. The van der Waals surface area contributed by atoms with Gasteiger partial charge in [-0.1, -0.05) is 24.3 Å². The van der Waals surface area contributed by atoms with Crippen molar-refractivity contribution in [1.82, 2.24) is 10.6 Å². The number of nitrogens with one attached hydrogen (secondary N) is 2. The molecule has 8 nitrogen and oxygen atoms in total. The van der Waals surface area contributed by atoms with Gasteiger partial charge in [0.25, 0.3) is 5.91 Å². The van der Waals surface area contributed by atoms with Crippen LogP contribution in [-0.2, 0) is 17.9 Å². The van der Waals surface area contributed by atoms with E-state index in [1.165, 1.54) is 0 Å². The van der Waals surface area contributed by atoms with Crippen LogP contribution in [0.15, 0.2) is 42.5 Å². The highest BCUT2D eigenvalue weighted by Crippen LogP contribution is 2.34. The molecule has 0 radical (unpaired) electrons. The lowest BCUT2D eigenvalue weighted by Gasteiger charge is -2.09. The summed E-state index contributed by atoms with van der Waals surface area (Å²) >= 11 is 0. The summed E-state index contributed by atoms with van der Waals surface area (Å²) in [5, 5.41) is 13.7. The summed E-state index contributed by atoms with van der Waals surface area (Å²) in [5.41, 5.74) is 1.63. The summed E-state index contributed by atoms with van der Waals surface area (Å²) in [6, 6.07) is 11.4. The number of hydrogen-bond acceptors (Lipinski definition) is 6. The zero-order valence-corrected chi connectivity index (χ0v) is 13.9. The Morgan fingerprint density at radius 2 is 1.77 bits per heavy atom. The fraction of sp³-hybridized carbons (Fsp3) is 0.222. The molecule has 3 amide bonds. The summed E-state index contributed by atoms with van der Waals surface area (Å²) < 4.78 is 15.7. The molecule has 0 aromatic heterocycles. The Morgan fingerprint density at radius 1 is 1.04 bits per heavy atom. The molecule has 1 heterocycles. The molecule has 0 fully saturated rings. The maximum atomic E-state index is 11.8. The van der Waals surface area contributed by atoms with E-state index in [9.17, 15) is 9.59 Å². The Kier molecular flexibility index (Phi) is 5.55. The molecule has 0 atom stereocenters. The molecule has 2 aromatic rings. The molecule has 0 saturated heterocycles. The van der Waals surface area contributed by atoms with Crippen molar-refractivity contribution in [2.75, 3.05) is 13.4 Å². The number of aliphatic hydroxyl groups is 1. The topological polar surface area (TPSA) is 106 Å². The van der Waals surface area contributed by atoms with Gasteiger partial charge < -0.3 is 24.6 Å². The Balaban J connectivity index is 1.40. The quantitative estimate of drug-likeness (QED) is 0.719. The van der Waals surface area contributed by atoms with Crippen molar-refractivity contribution < 1.29 is 28.9 Å². The molecule has 26 heavy (non-hydrogen) atoms. The van der Waals surface area contributed by atoms with Gasteiger partial charge in [0.15, 0.2) is 18.1 Å². The summed E-state index contributed by atoms with van der Waals surface area (Å²) in [4.78, 5) is 23.5. The molecule has 0 unspecified atom stereocenters. The molecule has 3 rings (SSSR count). The first-order valence-corrected chi connectivity index (χ1v) is 7.93. The van der Waals surface area contributed by atoms with Crippen molar-refractivity contribution in [2.45, 2.75) is 13.2 Å². The summed E-state index contributed by atoms with van der Waals surface area (Å²) in [5.74, 6) is 1.03. The second-order valence-electron chi connectivity index (χ2n) is 5.51. The molecule has 0 saturated carbocycles. The molecular formula is C18H18N2O6. The van der Waals surface area contributed by atoms with Crippen LogP contribution in [0.4, 0.5) is 4.79 Å². The summed E-state index contributed by atoms with van der Waals surface area (Å²) in [7, 11) is 0. The van der Waals surface area contributed by atoms with Gasteiger partial charge in [0.2, 0.25) is 6.79 Å². The summed E-state index contributed by atoms with van der Waals surface area (Å²) in [6.07, 6.45) is 0. The van der Waals surface area contributed by atoms with Crippen molar-refractivity contribution in [3.05, 3.63) is 53.6 Å². The van der Waals surface area contributed by atoms with E-state index in [-0.39, 0.29) is 26.6 Å². The van der Waals surface area contributed by atoms with E-state index < -0.39 is 11.9 Å². The monoisotopic (exact) mass is 358 g/mol. The zero-order valence-electron chi connectivity index (χ0n) is 13.9. The number of urea groups is 1. The number of imide groups is 1. The molecule has 2 aromatic carbocycles. The molecule has 0 bridgehead atoms. The average Bonchev–Trinajstić information content (AvgIpc) is 3.13. The predicted octanol–water partition coefficient (Wildman–Crippen LogP) is 1.31. The number of rotatable bonds is 6. The largest absolute Gasteiger partial charge is 0.484 e. The second-order valence-corrected chi connectivity index (χ2v) is 5.51. The van der Waals surface area contributed by atoms with Crippen molar-refractivity contribution in [1.29, 1.82) is 0 Å². The standard InChI is InChI=1S/C18H18N2O6/c21-9-13-3-1-12(2-4-13)8-19-18(23)20-17(22)10-24-14-5-6-15-16(7-14)26-11-25-15/h1-7,21H,8-11H2,(H2,19,20,22,23). The van der Waals surface area contributed by atoms with E-state index in [4.69, 9.17) is 19.3 Å². The lowest BCUT2D eigenvalue weighted by molar-refractivity contribution is -0.122. The first-order valence-electron chi connectivity index (χ1n) is 7.93. The van der Waals surface area contributed by atoms with E-state index in [1.807, 2.05) is 0 Å². The number of carbonyl (C=O) groups excluding carboxylic acids is 2. The SMILES string of the molecule is O=C(COc1ccc2c(c1)OCO2)NC(=O)NCc1ccc(CO)cc1. The number of fused-ring (bicyclic) bond motifs is 1. The van der Waals surface area contributed by atoms with Crippen molar-refractivity contribution in [2.24, 2.45) is 0 Å². The maximum absolute atomic E-state index is 11.8. The van der Waals surface area contributed by atoms with Crippen LogP contribution in [0.3, 0.4) is 0 Å². The molecule has 0 spiro atoms. The second kappa shape index (κ2) is 8.21. The third kappa shape index (κ3) is 4.64. The van der Waals surface area contributed by atoms with E-state index in [0.717, 1.165) is 11.1 Å². The number of benzene rings is 2. The molecule has 136 valence electrons. The van der Waals surface area contributed by atoms with Gasteiger partial charge in [-0.25, -0.2) is 4.79 Å². The van der Waals surface area contributed by atoms with Gasteiger partial charge in [0.05, 0.1) is 6.61 Å². The molecule has 8 heteroatoms. The third-order valence-corrected chi connectivity index (χ3v) is 3.63. The molecule has 0 aliphatic carbocycles. The fourth-order valence-electron chi connectivity index (χ4n) is 2.27. The van der Waals surface area contributed by atoms with Gasteiger partial charge in [0, 0.05) is 12.6 Å². The minimum Gasteiger partial charge on any atom is -0.484 e. The van der Waals surface area contributed by atoms with Crippen LogP contribution >= 0.6 is 0 Å². The minimum atomic E-state index is -0.615. The maximum Gasteiger partial charge on any atom is 0.321 e. The Labute approximate surface area is 149 Å². The van der Waals surface area contributed by atoms with Crippen LogP contribution in [0.5, 0.6) is 17.2 Å². The average molecular weight is 358 g/mol. The number of carbonyl (C=O) groups is 2. The van der Waals surface area contributed by atoms with Crippen molar-refractivity contribution >= 4 is 11.9 Å². The van der Waals surface area contributed by atoms with Crippen molar-refractivity contribution in [3.63, 3.8) is 0 Å². The molecular weight excluding hydrogens is 340 g/mol. The van der Waals surface area contributed by atoms with Crippen LogP contribution < -0.4 is 24.8 Å². The van der Waals surface area contributed by atoms with Crippen LogP contribution in [0.2, 0.25) is 0 Å². The Morgan fingerprint density at radius 3 is 2.54 bits per heavy atom. The number of amides is 3. The van der Waals surface area contributed by atoms with E-state index in [2.05, 4.69) is 10.6 Å². The van der Waals surface area contributed by atoms with Gasteiger partial charge in [-0.3, -0.25) is 10.1 Å². The highest BCUT2D eigenvalue weighted by Gasteiger charge is 2.14. The van der Waals surface area contributed by atoms with Gasteiger partial charge in [-0.15, -0.1) is 0 Å². The highest BCUT2D eigenvalue weighted by atomic mass is 16.7. The van der Waals surface area contributed by atoms with Gasteiger partial charge >= 0.3 is 6.03 Å². The van der Waals surface area contributed by atoms with Crippen LogP contribution in [0, 0.1) is 0 Å². The minimum absolute atomic E-state index is 0.0356. The highest BCUT2D eigenvalue weighted by molar-refractivity contribution is 5.94. The van der Waals surface area contributed by atoms with Gasteiger partial charge in [-0.2, -0.15) is 0 Å². The lowest BCUT2D eigenvalue weighted by atomic mass is 10.1. The smallest absolute Gasteiger partial charge is 0.321 e. The molecule has 1 aliphatic heterocycles. The van der Waals surface area contributed by atoms with Gasteiger partial charge in [0.1, 0.15) is 5.75 Å². The predicted molar refractivity (Wildman–Crippen MR) is 90.8 cm³/mol. The normalized spacial score (nSPS) is 11.7. The number of aliphatic hydroxyl groups excluding tert-OH is 1. The van der Waals surface area contributed by atoms with Gasteiger partial charge in [-0.05, 0) is 23.3 Å². The molecule has 1 aliphatic rings. The number of hydrogen-bond donors (Lipinski definition) is 3. The third-order valence-electron chi connectivity index (χ3n) is 3.63. The van der Waals surface area contributed by atoms with E-state index in [1.54, 1.807) is 42.5 Å². The van der Waals surface area contributed by atoms with Crippen LogP contribution in [0.1, 0.15) is 11.1 Å². The van der Waals surface area contributed by atoms with Crippen LogP contribution in [-0.4, -0.2) is 30.4 Å². The Bertz CT molecular complexity index is 791. The van der Waals surface area contributed by atoms with Crippen molar-refractivity contribution in [3.8, 4) is 17.2 Å². The Hall–Kier alpha value is -3.26. The van der Waals surface area contributed by atoms with E-state index in [0.29, 0.717) is 17.2 Å². The van der Waals surface area contributed by atoms with Crippen LogP contribution in [0.25, 0.3) is 0 Å². The van der Waals surface area contributed by atoms with E-state index >= 15 is 0 Å².